The maximum absolute atomic E-state index is 13.7. The lowest BCUT2D eigenvalue weighted by Crippen LogP contribution is -2.56. The molecule has 0 bridgehead atoms. The zero-order valence-corrected chi connectivity index (χ0v) is 23.6. The molecule has 0 saturated carbocycles. The molecule has 36 heavy (non-hydrogen) atoms. The van der Waals surface area contributed by atoms with E-state index < -0.39 is 17.7 Å². The van der Waals surface area contributed by atoms with Crippen LogP contribution in [0.5, 0.6) is 0 Å². The molecule has 0 aliphatic carbocycles. The van der Waals surface area contributed by atoms with Crippen LogP contribution < -0.4 is 10.2 Å². The summed E-state index contributed by atoms with van der Waals surface area (Å²) >= 11 is 18.8. The predicted molar refractivity (Wildman–Crippen MR) is 147 cm³/mol. The third-order valence-corrected chi connectivity index (χ3v) is 6.65. The molecule has 2 aromatic rings. The van der Waals surface area contributed by atoms with Gasteiger partial charge in [-0.2, -0.15) is 0 Å². The van der Waals surface area contributed by atoms with Crippen molar-refractivity contribution in [3.05, 3.63) is 63.1 Å². The molecule has 196 valence electrons. The van der Waals surface area contributed by atoms with E-state index in [9.17, 15) is 9.59 Å². The fraction of sp³-hybridized carbons (Fsp3) is 0.481. The molecule has 3 rings (SSSR count). The molecule has 2 amide bonds. The van der Waals surface area contributed by atoms with Gasteiger partial charge in [0.15, 0.2) is 0 Å². The fourth-order valence-electron chi connectivity index (χ4n) is 4.32. The lowest BCUT2D eigenvalue weighted by molar-refractivity contribution is -0.134. The minimum absolute atomic E-state index is 0.129. The second-order valence-corrected chi connectivity index (χ2v) is 11.7. The van der Waals surface area contributed by atoms with Crippen molar-refractivity contribution < 1.29 is 14.3 Å². The van der Waals surface area contributed by atoms with Crippen molar-refractivity contribution in [3.63, 3.8) is 0 Å². The molecule has 1 N–H and O–H groups in total. The normalized spacial score (nSPS) is 17.2. The van der Waals surface area contributed by atoms with Crippen LogP contribution in [0.25, 0.3) is 0 Å². The first-order valence-electron chi connectivity index (χ1n) is 12.1. The van der Waals surface area contributed by atoms with Crippen LogP contribution in [0.15, 0.2) is 42.5 Å². The molecule has 0 aromatic heterocycles. The van der Waals surface area contributed by atoms with E-state index in [0.717, 1.165) is 11.3 Å². The first-order chi connectivity index (χ1) is 16.8. The molecule has 0 radical (unpaired) electrons. The summed E-state index contributed by atoms with van der Waals surface area (Å²) in [5.41, 5.74) is 1.20. The predicted octanol–water partition coefficient (Wildman–Crippen LogP) is 6.98. The van der Waals surface area contributed by atoms with Crippen molar-refractivity contribution in [3.8, 4) is 0 Å². The van der Waals surface area contributed by atoms with Crippen molar-refractivity contribution in [1.82, 2.24) is 10.2 Å². The Kier molecular flexibility index (Phi) is 9.42. The molecule has 2 atom stereocenters. The van der Waals surface area contributed by atoms with Gasteiger partial charge >= 0.3 is 6.09 Å². The largest absolute Gasteiger partial charge is 0.444 e. The SMILES string of the molecule is CC(C)C[C@H](NC(=O)OC(C)(C)C)C(=O)N1CCN(c2ccc(Cl)cc2Cl)[C@H](c2ccc(Cl)cc2)C1. The Hall–Kier alpha value is -2.15. The van der Waals surface area contributed by atoms with Crippen LogP contribution in [-0.2, 0) is 9.53 Å². The average Bonchev–Trinajstić information content (AvgIpc) is 2.77. The molecule has 1 aliphatic rings. The van der Waals surface area contributed by atoms with Crippen LogP contribution in [0.2, 0.25) is 15.1 Å². The van der Waals surface area contributed by atoms with E-state index in [2.05, 4.69) is 10.2 Å². The second-order valence-electron chi connectivity index (χ2n) is 10.5. The molecular weight excluding hydrogens is 521 g/mol. The van der Waals surface area contributed by atoms with Crippen LogP contribution in [0.1, 0.15) is 52.6 Å². The first-order valence-corrected chi connectivity index (χ1v) is 13.2. The molecule has 2 aromatic carbocycles. The van der Waals surface area contributed by atoms with Gasteiger partial charge in [-0.3, -0.25) is 4.79 Å². The number of alkyl carbamates (subject to hydrolysis) is 1. The summed E-state index contributed by atoms with van der Waals surface area (Å²) in [5.74, 6) is 0.0745. The summed E-state index contributed by atoms with van der Waals surface area (Å²) in [5, 5.41) is 4.55. The zero-order valence-electron chi connectivity index (χ0n) is 21.4. The van der Waals surface area contributed by atoms with E-state index in [1.807, 2.05) is 55.1 Å². The number of halogens is 3. The molecule has 6 nitrogen and oxygen atoms in total. The van der Waals surface area contributed by atoms with Gasteiger partial charge in [0.25, 0.3) is 0 Å². The van der Waals surface area contributed by atoms with Gasteiger partial charge in [0.05, 0.1) is 16.8 Å². The molecule has 1 heterocycles. The Morgan fingerprint density at radius 3 is 2.25 bits per heavy atom. The molecule has 9 heteroatoms. The van der Waals surface area contributed by atoms with Gasteiger partial charge in [-0.15, -0.1) is 0 Å². The molecule has 1 aliphatic heterocycles. The number of piperazine rings is 1. The number of carbonyl (C=O) groups excluding carboxylic acids is 2. The highest BCUT2D eigenvalue weighted by atomic mass is 35.5. The van der Waals surface area contributed by atoms with Crippen LogP contribution in [-0.4, -0.2) is 48.2 Å². The van der Waals surface area contributed by atoms with Crippen molar-refractivity contribution in [2.24, 2.45) is 5.92 Å². The highest BCUT2D eigenvalue weighted by Crippen LogP contribution is 2.37. The van der Waals surface area contributed by atoms with Crippen molar-refractivity contribution in [1.29, 1.82) is 0 Å². The highest BCUT2D eigenvalue weighted by Gasteiger charge is 2.35. The lowest BCUT2D eigenvalue weighted by atomic mass is 9.98. The number of hydrogen-bond acceptors (Lipinski definition) is 4. The van der Waals surface area contributed by atoms with Gasteiger partial charge in [-0.25, -0.2) is 4.79 Å². The van der Waals surface area contributed by atoms with Crippen LogP contribution in [0, 0.1) is 5.92 Å². The van der Waals surface area contributed by atoms with E-state index in [-0.39, 0.29) is 17.9 Å². The topological polar surface area (TPSA) is 61.9 Å². The van der Waals surface area contributed by atoms with E-state index in [1.54, 1.807) is 26.8 Å². The Balaban J connectivity index is 1.88. The number of benzene rings is 2. The number of carbonyl (C=O) groups is 2. The number of anilines is 1. The third kappa shape index (κ3) is 7.67. The monoisotopic (exact) mass is 553 g/mol. The molecule has 0 spiro atoms. The zero-order chi connectivity index (χ0) is 26.6. The lowest BCUT2D eigenvalue weighted by Gasteiger charge is -2.44. The van der Waals surface area contributed by atoms with Crippen molar-refractivity contribution in [2.45, 2.75) is 58.7 Å². The van der Waals surface area contributed by atoms with Gasteiger partial charge < -0.3 is 19.9 Å². The molecular formula is C27H34Cl3N3O3. The summed E-state index contributed by atoms with van der Waals surface area (Å²) in [6, 6.07) is 12.2. The molecule has 0 unspecified atom stereocenters. The van der Waals surface area contributed by atoms with Gasteiger partial charge in [0, 0.05) is 29.7 Å². The number of rotatable bonds is 6. The van der Waals surface area contributed by atoms with Gasteiger partial charge in [0.1, 0.15) is 11.6 Å². The number of amides is 2. The quantitative estimate of drug-likeness (QED) is 0.419. The van der Waals surface area contributed by atoms with E-state index >= 15 is 0 Å². The van der Waals surface area contributed by atoms with Crippen molar-refractivity contribution >= 4 is 52.5 Å². The highest BCUT2D eigenvalue weighted by molar-refractivity contribution is 6.36. The maximum Gasteiger partial charge on any atom is 0.408 e. The summed E-state index contributed by atoms with van der Waals surface area (Å²) < 4.78 is 5.42. The van der Waals surface area contributed by atoms with Gasteiger partial charge in [0.2, 0.25) is 5.91 Å². The summed E-state index contributed by atoms with van der Waals surface area (Å²) in [7, 11) is 0. The van der Waals surface area contributed by atoms with E-state index in [0.29, 0.717) is 41.1 Å². The molecule has 1 saturated heterocycles. The van der Waals surface area contributed by atoms with Crippen LogP contribution in [0.4, 0.5) is 10.5 Å². The summed E-state index contributed by atoms with van der Waals surface area (Å²) in [6.07, 6.45) is -0.0882. The Bertz CT molecular complexity index is 1070. The fourth-order valence-corrected chi connectivity index (χ4v) is 4.96. The third-order valence-electron chi connectivity index (χ3n) is 5.86. The van der Waals surface area contributed by atoms with Gasteiger partial charge in [-0.05, 0) is 69.0 Å². The summed E-state index contributed by atoms with van der Waals surface area (Å²) in [4.78, 5) is 30.2. The first kappa shape index (κ1) is 28.4. The Morgan fingerprint density at radius 2 is 1.67 bits per heavy atom. The number of ether oxygens (including phenoxy) is 1. The van der Waals surface area contributed by atoms with Crippen molar-refractivity contribution in [2.75, 3.05) is 24.5 Å². The summed E-state index contributed by atoms with van der Waals surface area (Å²) in [6.45, 7) is 10.9. The number of nitrogens with zero attached hydrogens (tertiary/aromatic N) is 2. The van der Waals surface area contributed by atoms with E-state index in [4.69, 9.17) is 39.5 Å². The molecule has 1 fully saturated rings. The minimum atomic E-state index is -0.684. The smallest absolute Gasteiger partial charge is 0.408 e. The number of nitrogens with one attached hydrogen (secondary N) is 1. The average molecular weight is 555 g/mol. The minimum Gasteiger partial charge on any atom is -0.444 e. The van der Waals surface area contributed by atoms with Crippen LogP contribution >= 0.6 is 34.8 Å². The Morgan fingerprint density at radius 1 is 1.03 bits per heavy atom. The Labute approximate surface area is 228 Å². The van der Waals surface area contributed by atoms with E-state index in [1.165, 1.54) is 0 Å². The van der Waals surface area contributed by atoms with Crippen LogP contribution in [0.3, 0.4) is 0 Å². The maximum atomic E-state index is 13.7. The standard InChI is InChI=1S/C27H34Cl3N3O3/c1-17(2)14-22(31-26(35)36-27(3,4)5)25(34)32-12-13-33(23-11-10-20(29)15-21(23)30)24(16-32)18-6-8-19(28)9-7-18/h6-11,15,17,22,24H,12-14,16H2,1-5H3,(H,31,35)/t22-,24-/m0/s1. The van der Waals surface area contributed by atoms with Gasteiger partial charge in [-0.1, -0.05) is 60.8 Å². The second kappa shape index (κ2) is 11.9. The number of hydrogen-bond donors (Lipinski definition) is 1.